The van der Waals surface area contributed by atoms with Crippen LogP contribution in [0.1, 0.15) is 6.42 Å². The van der Waals surface area contributed by atoms with Gasteiger partial charge < -0.3 is 0 Å². The molecule has 1 aliphatic rings. The van der Waals surface area contributed by atoms with E-state index in [0.29, 0.717) is 6.42 Å². The summed E-state index contributed by atoms with van der Waals surface area (Å²) in [6.07, 6.45) is 4.21. The van der Waals surface area contributed by atoms with Crippen molar-refractivity contribution in [2.24, 2.45) is 11.8 Å². The fourth-order valence-electron chi connectivity index (χ4n) is 1.47. The molecule has 0 aliphatic heterocycles. The number of rotatable bonds is 3. The van der Waals surface area contributed by atoms with Crippen molar-refractivity contribution in [2.45, 2.75) is 11.3 Å². The summed E-state index contributed by atoms with van der Waals surface area (Å²) in [5, 5.41) is 0. The molecule has 90 valence electrons. The van der Waals surface area contributed by atoms with Gasteiger partial charge in [0, 0.05) is 5.92 Å². The van der Waals surface area contributed by atoms with Crippen LogP contribution in [0.25, 0.3) is 0 Å². The molecule has 0 aromatic carbocycles. The highest BCUT2D eigenvalue weighted by molar-refractivity contribution is 6.44. The van der Waals surface area contributed by atoms with Crippen LogP contribution in [0.15, 0.2) is 12.2 Å². The Morgan fingerprint density at radius 2 is 2.06 bits per heavy atom. The highest BCUT2D eigenvalue weighted by Gasteiger charge is 2.33. The summed E-state index contributed by atoms with van der Waals surface area (Å²) in [4.78, 5) is 21.8. The predicted molar refractivity (Wildman–Crippen MR) is 63.2 cm³/mol. The van der Waals surface area contributed by atoms with Crippen molar-refractivity contribution >= 4 is 46.6 Å². The van der Waals surface area contributed by atoms with Crippen molar-refractivity contribution in [1.29, 1.82) is 0 Å². The van der Waals surface area contributed by atoms with Crippen molar-refractivity contribution in [3.63, 3.8) is 0 Å². The van der Waals surface area contributed by atoms with Crippen molar-refractivity contribution in [3.05, 3.63) is 12.2 Å². The SMILES string of the molecule is O=C(CCl)NNC(=O)[C@H]1CC=C[C@@H]1C(Cl)Cl. The summed E-state index contributed by atoms with van der Waals surface area (Å²) in [5.74, 6) is -1.57. The Morgan fingerprint density at radius 3 is 2.62 bits per heavy atom. The number of allylic oxidation sites excluding steroid dienone is 2. The van der Waals surface area contributed by atoms with Crippen LogP contribution in [-0.2, 0) is 9.59 Å². The van der Waals surface area contributed by atoms with E-state index >= 15 is 0 Å². The Morgan fingerprint density at radius 1 is 1.38 bits per heavy atom. The maximum Gasteiger partial charge on any atom is 0.253 e. The second kappa shape index (κ2) is 6.33. The second-order valence-corrected chi connectivity index (χ2v) is 4.78. The molecule has 0 aromatic heterocycles. The van der Waals surface area contributed by atoms with E-state index in [2.05, 4.69) is 10.9 Å². The van der Waals surface area contributed by atoms with Crippen LogP contribution < -0.4 is 10.9 Å². The molecule has 1 aliphatic carbocycles. The first kappa shape index (κ1) is 13.6. The van der Waals surface area contributed by atoms with E-state index in [1.54, 1.807) is 6.08 Å². The Hall–Kier alpha value is -0.450. The lowest BCUT2D eigenvalue weighted by atomic mass is 9.96. The lowest BCUT2D eigenvalue weighted by Gasteiger charge is -2.19. The fourth-order valence-corrected chi connectivity index (χ4v) is 2.06. The first-order valence-corrected chi connectivity index (χ1v) is 6.06. The highest BCUT2D eigenvalue weighted by Crippen LogP contribution is 2.32. The molecule has 0 heterocycles. The maximum atomic E-state index is 11.7. The van der Waals surface area contributed by atoms with Gasteiger partial charge in [0.05, 0.1) is 5.92 Å². The number of hydrazine groups is 1. The molecule has 0 saturated carbocycles. The molecule has 4 nitrogen and oxygen atoms in total. The lowest BCUT2D eigenvalue weighted by Crippen LogP contribution is -2.46. The van der Waals surface area contributed by atoms with E-state index in [0.717, 1.165) is 0 Å². The number of carbonyl (C=O) groups is 2. The number of nitrogens with one attached hydrogen (secondary N) is 2. The van der Waals surface area contributed by atoms with Crippen LogP contribution in [0.3, 0.4) is 0 Å². The van der Waals surface area contributed by atoms with E-state index in [9.17, 15) is 9.59 Å². The topological polar surface area (TPSA) is 58.2 Å². The average molecular weight is 286 g/mol. The third-order valence-electron chi connectivity index (χ3n) is 2.29. The first-order valence-electron chi connectivity index (χ1n) is 4.65. The molecule has 0 saturated heterocycles. The molecule has 16 heavy (non-hydrogen) atoms. The quantitative estimate of drug-likeness (QED) is 0.467. The Balaban J connectivity index is 2.45. The molecule has 0 unspecified atom stereocenters. The first-order chi connectivity index (χ1) is 7.56. The fraction of sp³-hybridized carbons (Fsp3) is 0.556. The zero-order valence-electron chi connectivity index (χ0n) is 8.25. The van der Waals surface area contributed by atoms with Crippen LogP contribution in [0.4, 0.5) is 0 Å². The Labute approximate surface area is 108 Å². The molecule has 0 spiro atoms. The van der Waals surface area contributed by atoms with Crippen LogP contribution in [0, 0.1) is 11.8 Å². The Bertz CT molecular complexity index is 307. The molecule has 2 atom stereocenters. The van der Waals surface area contributed by atoms with E-state index in [1.807, 2.05) is 6.08 Å². The normalized spacial score (nSPS) is 23.5. The van der Waals surface area contributed by atoms with Gasteiger partial charge in [-0.05, 0) is 6.42 Å². The molecule has 0 aromatic rings. The smallest absolute Gasteiger partial charge is 0.253 e. The van der Waals surface area contributed by atoms with Crippen LogP contribution in [-0.4, -0.2) is 22.5 Å². The molecular weight excluding hydrogens is 274 g/mol. The number of hydrogen-bond acceptors (Lipinski definition) is 2. The third-order valence-corrected chi connectivity index (χ3v) is 3.11. The minimum absolute atomic E-state index is 0.208. The van der Waals surface area contributed by atoms with Gasteiger partial charge in [0.1, 0.15) is 10.7 Å². The van der Waals surface area contributed by atoms with Gasteiger partial charge in [-0.3, -0.25) is 20.4 Å². The summed E-state index contributed by atoms with van der Waals surface area (Å²) >= 11 is 16.7. The molecule has 2 amide bonds. The number of alkyl halides is 3. The van der Waals surface area contributed by atoms with Crippen LogP contribution in [0.5, 0.6) is 0 Å². The standard InChI is InChI=1S/C9H11Cl3N2O2/c10-4-7(15)13-14-9(16)6-3-1-2-5(6)8(11)12/h1-2,5-6,8H,3-4H2,(H,13,15)(H,14,16)/t5-,6-/m0/s1. The summed E-state index contributed by atoms with van der Waals surface area (Å²) in [7, 11) is 0. The van der Waals surface area contributed by atoms with E-state index in [4.69, 9.17) is 34.8 Å². The van der Waals surface area contributed by atoms with Crippen LogP contribution in [0.2, 0.25) is 0 Å². The Kier molecular flexibility index (Phi) is 5.38. The second-order valence-electron chi connectivity index (χ2n) is 3.35. The largest absolute Gasteiger partial charge is 0.273 e. The molecule has 0 radical (unpaired) electrons. The molecule has 1 rings (SSSR count). The minimum atomic E-state index is -0.641. The van der Waals surface area contributed by atoms with E-state index < -0.39 is 10.7 Å². The van der Waals surface area contributed by atoms with Gasteiger partial charge in [0.15, 0.2) is 0 Å². The number of carbonyl (C=O) groups excluding carboxylic acids is 2. The van der Waals surface area contributed by atoms with Gasteiger partial charge in [-0.2, -0.15) is 0 Å². The number of hydrogen-bond donors (Lipinski definition) is 2. The molecule has 2 N–H and O–H groups in total. The zero-order valence-corrected chi connectivity index (χ0v) is 10.5. The average Bonchev–Trinajstić information content (AvgIpc) is 2.74. The van der Waals surface area contributed by atoms with E-state index in [-0.39, 0.29) is 23.6 Å². The monoisotopic (exact) mass is 284 g/mol. The van der Waals surface area contributed by atoms with Crippen LogP contribution >= 0.6 is 34.8 Å². The zero-order chi connectivity index (χ0) is 12.1. The summed E-state index contributed by atoms with van der Waals surface area (Å²) in [6.45, 7) is 0. The van der Waals surface area contributed by atoms with Gasteiger partial charge in [-0.25, -0.2) is 0 Å². The van der Waals surface area contributed by atoms with Gasteiger partial charge in [-0.15, -0.1) is 34.8 Å². The summed E-state index contributed by atoms with van der Waals surface area (Å²) in [6, 6.07) is 0. The molecule has 0 fully saturated rings. The number of halogens is 3. The highest BCUT2D eigenvalue weighted by atomic mass is 35.5. The van der Waals surface area contributed by atoms with Gasteiger partial charge >= 0.3 is 0 Å². The van der Waals surface area contributed by atoms with Crippen molar-refractivity contribution in [2.75, 3.05) is 5.88 Å². The number of amides is 2. The maximum absolute atomic E-state index is 11.7. The van der Waals surface area contributed by atoms with Crippen molar-refractivity contribution < 1.29 is 9.59 Å². The van der Waals surface area contributed by atoms with Gasteiger partial charge in [0.2, 0.25) is 5.91 Å². The third kappa shape index (κ3) is 3.54. The lowest BCUT2D eigenvalue weighted by molar-refractivity contribution is -0.130. The summed E-state index contributed by atoms with van der Waals surface area (Å²) < 4.78 is 0. The van der Waals surface area contributed by atoms with Crippen molar-refractivity contribution in [3.8, 4) is 0 Å². The van der Waals surface area contributed by atoms with Gasteiger partial charge in [-0.1, -0.05) is 12.2 Å². The molecule has 0 bridgehead atoms. The van der Waals surface area contributed by atoms with E-state index in [1.165, 1.54) is 0 Å². The predicted octanol–water partition coefficient (Wildman–Crippen LogP) is 1.37. The van der Waals surface area contributed by atoms with Gasteiger partial charge in [0.25, 0.3) is 5.91 Å². The minimum Gasteiger partial charge on any atom is -0.273 e. The molecule has 7 heteroatoms. The molecular formula is C9H11Cl3N2O2. The van der Waals surface area contributed by atoms with Crippen molar-refractivity contribution in [1.82, 2.24) is 10.9 Å². The summed E-state index contributed by atoms with van der Waals surface area (Å²) in [5.41, 5.74) is 4.46.